The zero-order chi connectivity index (χ0) is 12.8. The molecule has 0 aliphatic heterocycles. The maximum Gasteiger partial charge on any atom is 0.333 e. The van der Waals surface area contributed by atoms with Gasteiger partial charge in [0.1, 0.15) is 0 Å². The van der Waals surface area contributed by atoms with Crippen LogP contribution in [-0.4, -0.2) is 22.9 Å². The zero-order valence-electron chi connectivity index (χ0n) is 10.3. The number of carbonyl (C=O) groups is 1. The van der Waals surface area contributed by atoms with Gasteiger partial charge in [0.15, 0.2) is 0 Å². The van der Waals surface area contributed by atoms with Crippen molar-refractivity contribution in [1.82, 2.24) is 9.78 Å². The summed E-state index contributed by atoms with van der Waals surface area (Å²) in [7, 11) is 1.34. The first-order valence-electron chi connectivity index (χ1n) is 5.39. The number of rotatable bonds is 4. The Morgan fingerprint density at radius 3 is 2.82 bits per heavy atom. The van der Waals surface area contributed by atoms with E-state index in [0.717, 1.165) is 5.56 Å². The number of hydrogen-bond donors (Lipinski definition) is 0. The molecule has 0 aliphatic rings. The first kappa shape index (κ1) is 13.2. The second kappa shape index (κ2) is 5.98. The molecule has 0 fully saturated rings. The van der Waals surface area contributed by atoms with Crippen LogP contribution in [0.5, 0.6) is 0 Å². The Hall–Kier alpha value is -1.91. The lowest BCUT2D eigenvalue weighted by Crippen LogP contribution is -2.22. The lowest BCUT2D eigenvalue weighted by molar-refractivity contribution is -0.136. The molecule has 0 aliphatic carbocycles. The van der Waals surface area contributed by atoms with Crippen LogP contribution in [0.25, 0.3) is 0 Å². The predicted octanol–water partition coefficient (Wildman–Crippen LogP) is 1.06. The van der Waals surface area contributed by atoms with E-state index in [2.05, 4.69) is 9.84 Å². The van der Waals surface area contributed by atoms with Crippen LogP contribution < -0.4 is 5.56 Å². The van der Waals surface area contributed by atoms with Crippen LogP contribution in [0.1, 0.15) is 18.9 Å². The Morgan fingerprint density at radius 2 is 2.29 bits per heavy atom. The number of carbonyl (C=O) groups excluding carboxylic acids is 1. The van der Waals surface area contributed by atoms with E-state index in [4.69, 9.17) is 0 Å². The van der Waals surface area contributed by atoms with Gasteiger partial charge in [-0.15, -0.1) is 0 Å². The highest BCUT2D eigenvalue weighted by Gasteiger charge is 2.06. The zero-order valence-corrected chi connectivity index (χ0v) is 10.3. The molecule has 0 unspecified atom stereocenters. The fourth-order valence-electron chi connectivity index (χ4n) is 1.36. The van der Waals surface area contributed by atoms with E-state index in [0.29, 0.717) is 12.0 Å². The predicted molar refractivity (Wildman–Crippen MR) is 63.6 cm³/mol. The minimum atomic E-state index is -0.368. The van der Waals surface area contributed by atoms with Gasteiger partial charge in [0.2, 0.25) is 0 Å². The lowest BCUT2D eigenvalue weighted by Gasteiger charge is -2.04. The molecular weight excluding hydrogens is 220 g/mol. The molecule has 1 rings (SSSR count). The number of aromatic nitrogens is 2. The Balaban J connectivity index is 2.88. The molecule has 0 N–H and O–H groups in total. The monoisotopic (exact) mass is 236 g/mol. The molecule has 5 nitrogen and oxygen atoms in total. The second-order valence-electron chi connectivity index (χ2n) is 3.63. The average molecular weight is 236 g/mol. The van der Waals surface area contributed by atoms with Gasteiger partial charge in [0.05, 0.1) is 19.9 Å². The van der Waals surface area contributed by atoms with Gasteiger partial charge < -0.3 is 4.74 Å². The van der Waals surface area contributed by atoms with E-state index in [1.807, 2.05) is 6.92 Å². The van der Waals surface area contributed by atoms with Gasteiger partial charge in [0.25, 0.3) is 5.56 Å². The van der Waals surface area contributed by atoms with Crippen LogP contribution in [-0.2, 0) is 16.1 Å². The summed E-state index contributed by atoms with van der Waals surface area (Å²) in [6.45, 7) is 3.94. The van der Waals surface area contributed by atoms with Crippen LogP contribution in [0.4, 0.5) is 0 Å². The van der Waals surface area contributed by atoms with Crippen molar-refractivity contribution >= 4 is 5.97 Å². The summed E-state index contributed by atoms with van der Waals surface area (Å²) in [4.78, 5) is 22.8. The van der Waals surface area contributed by atoms with Crippen molar-refractivity contribution in [2.45, 2.75) is 26.8 Å². The van der Waals surface area contributed by atoms with Crippen molar-refractivity contribution < 1.29 is 9.53 Å². The maximum atomic E-state index is 11.5. The number of nitrogens with zero attached hydrogens (tertiary/aromatic N) is 2. The smallest absolute Gasteiger partial charge is 0.333 e. The standard InChI is InChI=1S/C12H16N2O3/c1-4-10(12(16)17-3)5-6-14-11(15)7-9(2)8-13-14/h5,7-8H,4,6H2,1-3H3. The largest absolute Gasteiger partial charge is 0.466 e. The highest BCUT2D eigenvalue weighted by Crippen LogP contribution is 2.03. The van der Waals surface area contributed by atoms with Gasteiger partial charge in [-0.1, -0.05) is 13.0 Å². The summed E-state index contributed by atoms with van der Waals surface area (Å²) in [5.41, 5.74) is 1.18. The van der Waals surface area contributed by atoms with Crippen LogP contribution in [0, 0.1) is 6.92 Å². The fraction of sp³-hybridized carbons (Fsp3) is 0.417. The van der Waals surface area contributed by atoms with Crippen LogP contribution in [0.2, 0.25) is 0 Å². The summed E-state index contributed by atoms with van der Waals surface area (Å²) in [5, 5.41) is 3.98. The summed E-state index contributed by atoms with van der Waals surface area (Å²) in [5.74, 6) is -0.368. The van der Waals surface area contributed by atoms with Gasteiger partial charge in [-0.3, -0.25) is 4.79 Å². The third-order valence-electron chi connectivity index (χ3n) is 2.35. The molecule has 0 saturated carbocycles. The highest BCUT2D eigenvalue weighted by atomic mass is 16.5. The number of ether oxygens (including phenoxy) is 1. The average Bonchev–Trinajstić information content (AvgIpc) is 2.31. The quantitative estimate of drug-likeness (QED) is 0.579. The summed E-state index contributed by atoms with van der Waals surface area (Å²) in [6, 6.07) is 1.50. The number of methoxy groups -OCH3 is 1. The van der Waals surface area contributed by atoms with Crippen LogP contribution in [0.15, 0.2) is 28.7 Å². The topological polar surface area (TPSA) is 61.2 Å². The van der Waals surface area contributed by atoms with Crippen molar-refractivity contribution in [3.8, 4) is 0 Å². The summed E-state index contributed by atoms with van der Waals surface area (Å²) in [6.07, 6.45) is 3.84. The highest BCUT2D eigenvalue weighted by molar-refractivity contribution is 5.88. The molecule has 5 heteroatoms. The fourth-order valence-corrected chi connectivity index (χ4v) is 1.36. The Kier molecular flexibility index (Phi) is 4.63. The molecule has 0 saturated heterocycles. The third kappa shape index (κ3) is 3.55. The molecular formula is C12H16N2O3. The van der Waals surface area contributed by atoms with Gasteiger partial charge in [-0.05, 0) is 18.9 Å². The molecule has 1 aromatic heterocycles. The molecule has 1 heterocycles. The molecule has 17 heavy (non-hydrogen) atoms. The molecule has 0 radical (unpaired) electrons. The molecule has 0 atom stereocenters. The van der Waals surface area contributed by atoms with Crippen LogP contribution >= 0.6 is 0 Å². The molecule has 0 amide bonds. The third-order valence-corrected chi connectivity index (χ3v) is 2.35. The van der Waals surface area contributed by atoms with Crippen LogP contribution in [0.3, 0.4) is 0 Å². The van der Waals surface area contributed by atoms with Gasteiger partial charge in [-0.2, -0.15) is 5.10 Å². The number of allylic oxidation sites excluding steroid dienone is 1. The van der Waals surface area contributed by atoms with Crippen molar-refractivity contribution in [2.75, 3.05) is 7.11 Å². The van der Waals surface area contributed by atoms with Gasteiger partial charge >= 0.3 is 5.97 Å². The minimum absolute atomic E-state index is 0.179. The van der Waals surface area contributed by atoms with E-state index in [1.165, 1.54) is 17.9 Å². The number of aryl methyl sites for hydroxylation is 1. The second-order valence-corrected chi connectivity index (χ2v) is 3.63. The SMILES string of the molecule is CCC(=CCn1ncc(C)cc1=O)C(=O)OC. The lowest BCUT2D eigenvalue weighted by atomic mass is 10.2. The molecule has 1 aromatic rings. The van der Waals surface area contributed by atoms with Crippen molar-refractivity contribution in [1.29, 1.82) is 0 Å². The molecule has 0 aromatic carbocycles. The first-order chi connectivity index (χ1) is 8.08. The van der Waals surface area contributed by atoms with E-state index >= 15 is 0 Å². The summed E-state index contributed by atoms with van der Waals surface area (Å²) >= 11 is 0. The summed E-state index contributed by atoms with van der Waals surface area (Å²) < 4.78 is 5.92. The van der Waals surface area contributed by atoms with E-state index in [9.17, 15) is 9.59 Å². The number of esters is 1. The Morgan fingerprint density at radius 1 is 1.59 bits per heavy atom. The van der Waals surface area contributed by atoms with Gasteiger partial charge in [-0.25, -0.2) is 9.48 Å². The molecule has 0 bridgehead atoms. The molecule has 0 spiro atoms. The minimum Gasteiger partial charge on any atom is -0.466 e. The van der Waals surface area contributed by atoms with Gasteiger partial charge in [0, 0.05) is 11.6 Å². The molecule has 92 valence electrons. The Bertz CT molecular complexity index is 489. The maximum absolute atomic E-state index is 11.5. The van der Waals surface area contributed by atoms with E-state index < -0.39 is 0 Å². The first-order valence-corrected chi connectivity index (χ1v) is 5.39. The Labute approximate surface area is 99.7 Å². The van der Waals surface area contributed by atoms with E-state index in [1.54, 1.807) is 19.2 Å². The van der Waals surface area contributed by atoms with Crippen molar-refractivity contribution in [2.24, 2.45) is 0 Å². The van der Waals surface area contributed by atoms with Crippen molar-refractivity contribution in [3.05, 3.63) is 39.8 Å². The van der Waals surface area contributed by atoms with Crippen molar-refractivity contribution in [3.63, 3.8) is 0 Å². The number of hydrogen-bond acceptors (Lipinski definition) is 4. The normalized spacial score (nSPS) is 11.4. The van der Waals surface area contributed by atoms with E-state index in [-0.39, 0.29) is 18.1 Å².